The summed E-state index contributed by atoms with van der Waals surface area (Å²) in [6, 6.07) is 7.14. The Balaban J connectivity index is 1.81. The van der Waals surface area contributed by atoms with E-state index in [1.165, 1.54) is 13.2 Å². The lowest BCUT2D eigenvalue weighted by Gasteiger charge is -2.21. The van der Waals surface area contributed by atoms with Gasteiger partial charge in [0.05, 0.1) is 30.7 Å². The molecule has 4 rings (SSSR count). The summed E-state index contributed by atoms with van der Waals surface area (Å²) >= 11 is 0. The number of ether oxygens (including phenoxy) is 1. The molecule has 2 aromatic heterocycles. The third-order valence-corrected chi connectivity index (χ3v) is 6.36. The number of pyridine rings is 1. The standard InChI is InChI=1S/C28H32F3N7O2/c1-18-10-19(2)33-21(11-18)15-38-8-9-40-25-22(24-16-37(5)34-26(24)28(29,30)31)12-20(13-23(25)27(38)39)14-35(3)6-7-36(4)17-32/h6-7,10-13,16-17,32H,8-9,14-15H2,1-5H3/b7-6-,32-17?. The molecule has 0 fully saturated rings. The third-order valence-electron chi connectivity index (χ3n) is 6.36. The molecule has 0 aliphatic carbocycles. The fourth-order valence-corrected chi connectivity index (χ4v) is 4.67. The Kier molecular flexibility index (Phi) is 8.17. The molecule has 212 valence electrons. The van der Waals surface area contributed by atoms with Crippen molar-refractivity contribution in [2.45, 2.75) is 33.1 Å². The molecule has 40 heavy (non-hydrogen) atoms. The molecule has 12 heteroatoms. The van der Waals surface area contributed by atoms with Gasteiger partial charge in [-0.25, -0.2) is 0 Å². The molecule has 3 heterocycles. The van der Waals surface area contributed by atoms with Crippen LogP contribution in [0.2, 0.25) is 0 Å². The van der Waals surface area contributed by atoms with Crippen LogP contribution in [0.25, 0.3) is 11.1 Å². The van der Waals surface area contributed by atoms with Crippen molar-refractivity contribution in [2.75, 3.05) is 27.2 Å². The van der Waals surface area contributed by atoms with Gasteiger partial charge < -0.3 is 19.4 Å². The average Bonchev–Trinajstić information content (AvgIpc) is 3.21. The number of hydrogen-bond acceptors (Lipinski definition) is 6. The number of nitrogens with zero attached hydrogens (tertiary/aromatic N) is 6. The number of alkyl halides is 3. The summed E-state index contributed by atoms with van der Waals surface area (Å²) in [5.74, 6) is -0.249. The molecule has 0 saturated heterocycles. The van der Waals surface area contributed by atoms with Crippen LogP contribution in [0.4, 0.5) is 13.2 Å². The Bertz CT molecular complexity index is 1430. The van der Waals surface area contributed by atoms with E-state index in [1.807, 2.05) is 26.0 Å². The largest absolute Gasteiger partial charge is 0.490 e. The second-order valence-electron chi connectivity index (χ2n) is 9.94. The molecule has 1 amide bonds. The Morgan fingerprint density at radius 3 is 2.50 bits per heavy atom. The van der Waals surface area contributed by atoms with E-state index in [9.17, 15) is 18.0 Å². The quantitative estimate of drug-likeness (QED) is 0.323. The highest BCUT2D eigenvalue weighted by Gasteiger charge is 2.39. The molecule has 1 N–H and O–H groups in total. The van der Waals surface area contributed by atoms with Gasteiger partial charge in [-0.2, -0.15) is 18.3 Å². The molecule has 0 saturated carbocycles. The first-order valence-electron chi connectivity index (χ1n) is 12.6. The van der Waals surface area contributed by atoms with E-state index in [1.54, 1.807) is 53.3 Å². The van der Waals surface area contributed by atoms with Crippen molar-refractivity contribution in [2.24, 2.45) is 7.05 Å². The smallest absolute Gasteiger partial charge is 0.435 e. The summed E-state index contributed by atoms with van der Waals surface area (Å²) in [4.78, 5) is 23.4. The van der Waals surface area contributed by atoms with Crippen LogP contribution in [0.5, 0.6) is 5.75 Å². The van der Waals surface area contributed by atoms with Crippen molar-refractivity contribution in [1.29, 1.82) is 5.41 Å². The van der Waals surface area contributed by atoms with Crippen LogP contribution in [-0.4, -0.2) is 69.0 Å². The van der Waals surface area contributed by atoms with Crippen LogP contribution in [0.3, 0.4) is 0 Å². The van der Waals surface area contributed by atoms with Crippen LogP contribution in [0.1, 0.15) is 38.6 Å². The first-order valence-corrected chi connectivity index (χ1v) is 12.6. The maximum Gasteiger partial charge on any atom is 0.435 e. The number of rotatable bonds is 8. The molecule has 1 aliphatic rings. The zero-order valence-electron chi connectivity index (χ0n) is 23.1. The van der Waals surface area contributed by atoms with Crippen LogP contribution < -0.4 is 4.74 Å². The van der Waals surface area contributed by atoms with Gasteiger partial charge in [0.2, 0.25) is 0 Å². The average molecular weight is 556 g/mol. The maximum absolute atomic E-state index is 14.0. The first-order chi connectivity index (χ1) is 18.8. The van der Waals surface area contributed by atoms with Gasteiger partial charge in [-0.1, -0.05) is 0 Å². The van der Waals surface area contributed by atoms with Crippen LogP contribution >= 0.6 is 0 Å². The SMILES string of the molecule is Cc1cc(C)nc(CN2CCOc3c(cc(CN(C)/C=C\N(C)C=N)cc3-c3cn(C)nc3C(F)(F)F)C2=O)c1. The van der Waals surface area contributed by atoms with Gasteiger partial charge in [0, 0.05) is 63.1 Å². The van der Waals surface area contributed by atoms with Crippen LogP contribution in [0.15, 0.2) is 42.9 Å². The first kappa shape index (κ1) is 28.7. The molecule has 0 unspecified atom stereocenters. The monoisotopic (exact) mass is 555 g/mol. The lowest BCUT2D eigenvalue weighted by molar-refractivity contribution is -0.140. The van der Waals surface area contributed by atoms with Gasteiger partial charge in [-0.3, -0.25) is 19.9 Å². The second kappa shape index (κ2) is 11.4. The Morgan fingerprint density at radius 1 is 1.10 bits per heavy atom. The number of aromatic nitrogens is 3. The maximum atomic E-state index is 14.0. The summed E-state index contributed by atoms with van der Waals surface area (Å²) in [7, 11) is 4.92. The molecule has 0 radical (unpaired) electrons. The number of carbonyl (C=O) groups excluding carboxylic acids is 1. The predicted molar refractivity (Wildman–Crippen MR) is 145 cm³/mol. The number of fused-ring (bicyclic) bond motifs is 1. The van der Waals surface area contributed by atoms with E-state index in [0.717, 1.165) is 28.0 Å². The van der Waals surface area contributed by atoms with E-state index in [2.05, 4.69) is 10.1 Å². The van der Waals surface area contributed by atoms with Gasteiger partial charge in [0.15, 0.2) is 5.69 Å². The number of carbonyl (C=O) groups is 1. The summed E-state index contributed by atoms with van der Waals surface area (Å²) in [6.45, 7) is 4.72. The van der Waals surface area contributed by atoms with Gasteiger partial charge in [-0.15, -0.1) is 0 Å². The number of amides is 1. The normalized spacial score (nSPS) is 13.7. The topological polar surface area (TPSA) is 90.6 Å². The van der Waals surface area contributed by atoms with Gasteiger partial charge in [0.1, 0.15) is 12.4 Å². The van der Waals surface area contributed by atoms with Crippen molar-refractivity contribution in [3.8, 4) is 16.9 Å². The highest BCUT2D eigenvalue weighted by Crippen LogP contribution is 2.42. The minimum absolute atomic E-state index is 0.102. The lowest BCUT2D eigenvalue weighted by atomic mass is 9.97. The minimum Gasteiger partial charge on any atom is -0.490 e. The minimum atomic E-state index is -4.70. The van der Waals surface area contributed by atoms with E-state index >= 15 is 0 Å². The van der Waals surface area contributed by atoms with Gasteiger partial charge in [0.25, 0.3) is 5.91 Å². The van der Waals surface area contributed by atoms with Crippen LogP contribution in [0, 0.1) is 19.3 Å². The molecular weight excluding hydrogens is 523 g/mol. The fraction of sp³-hybridized carbons (Fsp3) is 0.357. The molecule has 1 aliphatic heterocycles. The lowest BCUT2D eigenvalue weighted by Crippen LogP contribution is -2.32. The Hall–Kier alpha value is -4.35. The van der Waals surface area contributed by atoms with Gasteiger partial charge in [-0.05, 0) is 49.2 Å². The van der Waals surface area contributed by atoms with Crippen molar-refractivity contribution in [1.82, 2.24) is 29.5 Å². The number of hydrogen-bond donors (Lipinski definition) is 1. The summed E-state index contributed by atoms with van der Waals surface area (Å²) in [6.07, 6.45) is 1.14. The molecule has 0 atom stereocenters. The molecule has 0 bridgehead atoms. The zero-order valence-corrected chi connectivity index (χ0v) is 23.1. The van der Waals surface area contributed by atoms with Crippen molar-refractivity contribution in [3.05, 3.63) is 76.6 Å². The zero-order chi connectivity index (χ0) is 29.2. The van der Waals surface area contributed by atoms with E-state index in [0.29, 0.717) is 5.56 Å². The summed E-state index contributed by atoms with van der Waals surface area (Å²) < 4.78 is 49.1. The number of nitrogens with one attached hydrogen (secondary N) is 1. The number of benzene rings is 1. The van der Waals surface area contributed by atoms with Crippen LogP contribution in [-0.2, 0) is 26.3 Å². The van der Waals surface area contributed by atoms with Crippen molar-refractivity contribution < 1.29 is 22.7 Å². The second-order valence-corrected chi connectivity index (χ2v) is 9.94. The van der Waals surface area contributed by atoms with E-state index < -0.39 is 11.9 Å². The molecule has 3 aromatic rings. The number of aryl methyl sites for hydroxylation is 3. The van der Waals surface area contributed by atoms with E-state index in [4.69, 9.17) is 10.1 Å². The van der Waals surface area contributed by atoms with Crippen molar-refractivity contribution >= 4 is 12.2 Å². The molecule has 1 aromatic carbocycles. The highest BCUT2D eigenvalue weighted by atomic mass is 19.4. The highest BCUT2D eigenvalue weighted by molar-refractivity contribution is 6.00. The number of halogens is 3. The molecule has 9 nitrogen and oxygen atoms in total. The predicted octanol–water partition coefficient (Wildman–Crippen LogP) is 4.59. The van der Waals surface area contributed by atoms with Crippen molar-refractivity contribution in [3.63, 3.8) is 0 Å². The van der Waals surface area contributed by atoms with Gasteiger partial charge >= 0.3 is 6.18 Å². The molecular formula is C28H32F3N7O2. The fourth-order valence-electron chi connectivity index (χ4n) is 4.67. The summed E-state index contributed by atoms with van der Waals surface area (Å²) in [5.41, 5.74) is 2.31. The summed E-state index contributed by atoms with van der Waals surface area (Å²) in [5, 5.41) is 11.0. The van der Waals surface area contributed by atoms with E-state index in [-0.39, 0.29) is 54.6 Å². The Labute approximate surface area is 231 Å². The molecule has 0 spiro atoms. The Morgan fingerprint density at radius 2 is 1.82 bits per heavy atom. The third kappa shape index (κ3) is 6.44.